The fraction of sp³-hybridized carbons (Fsp3) is 0.750. The summed E-state index contributed by atoms with van der Waals surface area (Å²) in [6, 6.07) is 1.84. The van der Waals surface area contributed by atoms with E-state index >= 15 is 0 Å². The van der Waals surface area contributed by atoms with Crippen LogP contribution in [0.15, 0.2) is 10.6 Å². The average molecular weight is 346 g/mol. The van der Waals surface area contributed by atoms with Crippen LogP contribution in [-0.4, -0.2) is 34.8 Å². The Balaban J connectivity index is 1.44. The number of hydrogen-bond acceptors (Lipinski definition) is 4. The maximum Gasteiger partial charge on any atom is 0.222 e. The van der Waals surface area contributed by atoms with E-state index in [1.165, 1.54) is 0 Å². The number of hydrogen-bond donors (Lipinski definition) is 0. The lowest BCUT2D eigenvalue weighted by Gasteiger charge is -2.34. The van der Waals surface area contributed by atoms with E-state index in [0.717, 1.165) is 57.4 Å². The van der Waals surface area contributed by atoms with Gasteiger partial charge in [0.1, 0.15) is 11.5 Å². The van der Waals surface area contributed by atoms with Crippen LogP contribution in [0.3, 0.4) is 0 Å². The van der Waals surface area contributed by atoms with Gasteiger partial charge in [-0.15, -0.1) is 0 Å². The van der Waals surface area contributed by atoms with Crippen LogP contribution >= 0.6 is 0 Å². The zero-order chi connectivity index (χ0) is 17.8. The van der Waals surface area contributed by atoms with Crippen LogP contribution in [0.25, 0.3) is 0 Å². The zero-order valence-electron chi connectivity index (χ0n) is 15.5. The highest BCUT2D eigenvalue weighted by Gasteiger charge is 2.30. The molecule has 1 amide bonds. The van der Waals surface area contributed by atoms with Gasteiger partial charge in [0.05, 0.1) is 0 Å². The molecule has 1 saturated carbocycles. The summed E-state index contributed by atoms with van der Waals surface area (Å²) in [6.07, 6.45) is 7.52. The van der Waals surface area contributed by atoms with Crippen molar-refractivity contribution in [2.45, 2.75) is 71.1 Å². The van der Waals surface area contributed by atoms with Gasteiger partial charge in [-0.25, -0.2) is 0 Å². The molecule has 2 aliphatic rings. The van der Waals surface area contributed by atoms with E-state index < -0.39 is 0 Å². The smallest absolute Gasteiger partial charge is 0.222 e. The molecule has 0 unspecified atom stereocenters. The second kappa shape index (κ2) is 8.15. The molecular formula is C20H30N2O3. The molecule has 1 aliphatic heterocycles. The molecule has 1 aromatic heterocycles. The topological polar surface area (TPSA) is 63.4 Å². The van der Waals surface area contributed by atoms with Gasteiger partial charge in [0.2, 0.25) is 5.91 Å². The number of Topliss-reactive ketones (excluding diaryl/α,β-unsaturated/α-hetero) is 1. The predicted molar refractivity (Wildman–Crippen MR) is 95.4 cm³/mol. The highest BCUT2D eigenvalue weighted by atomic mass is 16.5. The van der Waals surface area contributed by atoms with Crippen LogP contribution in [0.5, 0.6) is 0 Å². The van der Waals surface area contributed by atoms with Gasteiger partial charge in [0.25, 0.3) is 0 Å². The summed E-state index contributed by atoms with van der Waals surface area (Å²) in [7, 11) is 0. The number of carbonyl (C=O) groups is 2. The molecule has 3 rings (SSSR count). The van der Waals surface area contributed by atoms with Crippen molar-refractivity contribution < 1.29 is 14.1 Å². The molecule has 0 N–H and O–H groups in total. The fourth-order valence-electron chi connectivity index (χ4n) is 3.75. The van der Waals surface area contributed by atoms with Gasteiger partial charge in [-0.1, -0.05) is 25.4 Å². The lowest BCUT2D eigenvalue weighted by Crippen LogP contribution is -2.39. The third-order valence-electron chi connectivity index (χ3n) is 5.74. The van der Waals surface area contributed by atoms with Crippen molar-refractivity contribution in [1.82, 2.24) is 10.1 Å². The zero-order valence-corrected chi connectivity index (χ0v) is 15.5. The van der Waals surface area contributed by atoms with Gasteiger partial charge >= 0.3 is 0 Å². The van der Waals surface area contributed by atoms with E-state index in [-0.39, 0.29) is 5.78 Å². The first-order valence-electron chi connectivity index (χ1n) is 9.86. The Hall–Kier alpha value is -1.65. The van der Waals surface area contributed by atoms with E-state index in [4.69, 9.17) is 4.52 Å². The first-order valence-corrected chi connectivity index (χ1v) is 9.86. The maximum atomic E-state index is 12.5. The van der Waals surface area contributed by atoms with Crippen molar-refractivity contribution >= 4 is 11.7 Å². The molecule has 1 aliphatic carbocycles. The number of ketones is 1. The molecule has 0 bridgehead atoms. The Bertz CT molecular complexity index is 598. The molecule has 1 atom stereocenters. The van der Waals surface area contributed by atoms with Gasteiger partial charge < -0.3 is 9.42 Å². The lowest BCUT2D eigenvalue weighted by molar-refractivity contribution is -0.132. The molecule has 25 heavy (non-hydrogen) atoms. The van der Waals surface area contributed by atoms with Crippen molar-refractivity contribution in [2.24, 2.45) is 11.8 Å². The largest absolute Gasteiger partial charge is 0.360 e. The van der Waals surface area contributed by atoms with Gasteiger partial charge in [0.15, 0.2) is 5.78 Å². The van der Waals surface area contributed by atoms with Crippen LogP contribution in [-0.2, 0) is 4.79 Å². The van der Waals surface area contributed by atoms with Gasteiger partial charge in [-0.2, -0.15) is 0 Å². The maximum absolute atomic E-state index is 12.5. The van der Waals surface area contributed by atoms with Crippen LogP contribution in [0.1, 0.15) is 87.4 Å². The third-order valence-corrected chi connectivity index (χ3v) is 5.74. The predicted octanol–water partition coefficient (Wildman–Crippen LogP) is 4.19. The highest BCUT2D eigenvalue weighted by Crippen LogP contribution is 2.40. The number of nitrogens with zero attached hydrogens (tertiary/aromatic N) is 2. The molecule has 2 heterocycles. The molecule has 5 nitrogen and oxygen atoms in total. The summed E-state index contributed by atoms with van der Waals surface area (Å²) in [6.45, 7) is 5.93. The Morgan fingerprint density at radius 3 is 2.64 bits per heavy atom. The fourth-order valence-corrected chi connectivity index (χ4v) is 3.75. The highest BCUT2D eigenvalue weighted by molar-refractivity contribution is 5.94. The molecular weight excluding hydrogens is 316 g/mol. The van der Waals surface area contributed by atoms with Crippen molar-refractivity contribution in [3.63, 3.8) is 0 Å². The molecule has 0 spiro atoms. The molecule has 1 saturated heterocycles. The number of likely N-dealkylation sites (tertiary alicyclic amines) is 1. The number of aromatic nitrogens is 1. The number of rotatable bonds is 8. The second-order valence-electron chi connectivity index (χ2n) is 7.82. The lowest BCUT2D eigenvalue weighted by atomic mass is 9.82. The minimum atomic E-state index is 0.0876. The van der Waals surface area contributed by atoms with Gasteiger partial charge in [-0.3, -0.25) is 9.59 Å². The molecule has 2 fully saturated rings. The summed E-state index contributed by atoms with van der Waals surface area (Å²) in [5.74, 6) is 2.57. The van der Waals surface area contributed by atoms with Crippen LogP contribution < -0.4 is 0 Å². The van der Waals surface area contributed by atoms with Crippen LogP contribution in [0, 0.1) is 11.8 Å². The minimum absolute atomic E-state index is 0.0876. The molecule has 0 radical (unpaired) electrons. The van der Waals surface area contributed by atoms with Crippen molar-refractivity contribution in [2.75, 3.05) is 13.1 Å². The third kappa shape index (κ3) is 4.71. The van der Waals surface area contributed by atoms with E-state index in [2.05, 4.69) is 19.0 Å². The number of unbranched alkanes of at least 4 members (excludes halogenated alkanes) is 1. The normalized spacial score (nSPS) is 19.8. The van der Waals surface area contributed by atoms with Gasteiger partial charge in [-0.05, 0) is 43.9 Å². The number of piperidine rings is 1. The first kappa shape index (κ1) is 18.2. The van der Waals surface area contributed by atoms with E-state index in [1.807, 2.05) is 11.0 Å². The molecule has 5 heteroatoms. The second-order valence-corrected chi connectivity index (χ2v) is 7.82. The van der Waals surface area contributed by atoms with Gasteiger partial charge in [0, 0.05) is 37.9 Å². The van der Waals surface area contributed by atoms with E-state index in [9.17, 15) is 9.59 Å². The Morgan fingerprint density at radius 1 is 1.28 bits per heavy atom. The average Bonchev–Trinajstić information content (AvgIpc) is 3.36. The molecule has 0 aromatic carbocycles. The summed E-state index contributed by atoms with van der Waals surface area (Å²) in [4.78, 5) is 26.6. The summed E-state index contributed by atoms with van der Waals surface area (Å²) in [5, 5.41) is 3.96. The van der Waals surface area contributed by atoms with Crippen molar-refractivity contribution in [3.8, 4) is 0 Å². The Kier molecular flexibility index (Phi) is 5.92. The Morgan fingerprint density at radius 2 is 2.00 bits per heavy atom. The van der Waals surface area contributed by atoms with Crippen LogP contribution in [0.4, 0.5) is 0 Å². The quantitative estimate of drug-likeness (QED) is 0.662. The standard InChI is InChI=1S/C20H30N2O3/c1-3-4-5-20(24)22-10-8-15(9-11-22)14(2)12-18(23)17-13-19(25-21-17)16-6-7-16/h13-16H,3-12H2,1-2H3/t14-/m0/s1. The number of amides is 1. The summed E-state index contributed by atoms with van der Waals surface area (Å²) < 4.78 is 5.29. The minimum Gasteiger partial charge on any atom is -0.360 e. The monoisotopic (exact) mass is 346 g/mol. The van der Waals surface area contributed by atoms with Crippen molar-refractivity contribution in [3.05, 3.63) is 17.5 Å². The van der Waals surface area contributed by atoms with E-state index in [1.54, 1.807) is 0 Å². The van der Waals surface area contributed by atoms with Crippen LogP contribution in [0.2, 0.25) is 0 Å². The number of carbonyl (C=O) groups excluding carboxylic acids is 2. The molecule has 1 aromatic rings. The Labute approximate surface area is 150 Å². The SMILES string of the molecule is CCCCC(=O)N1CCC([C@@H](C)CC(=O)c2cc(C3CC3)on2)CC1. The molecule has 138 valence electrons. The summed E-state index contributed by atoms with van der Waals surface area (Å²) in [5.41, 5.74) is 0.487. The van der Waals surface area contributed by atoms with E-state index in [0.29, 0.717) is 42.2 Å². The first-order chi connectivity index (χ1) is 12.1. The van der Waals surface area contributed by atoms with Crippen molar-refractivity contribution in [1.29, 1.82) is 0 Å². The summed E-state index contributed by atoms with van der Waals surface area (Å²) >= 11 is 0.